The number of carbonyl (C=O) groups is 3. The fourth-order valence-electron chi connectivity index (χ4n) is 3.93. The molecule has 3 atom stereocenters. The quantitative estimate of drug-likeness (QED) is 0.726. The lowest BCUT2D eigenvalue weighted by Gasteiger charge is -2.43. The van der Waals surface area contributed by atoms with E-state index in [1.807, 2.05) is 0 Å². The van der Waals surface area contributed by atoms with Crippen molar-refractivity contribution in [3.8, 4) is 0 Å². The molecule has 116 valence electrons. The molecule has 3 amide bonds. The predicted molar refractivity (Wildman–Crippen MR) is 73.6 cm³/mol. The summed E-state index contributed by atoms with van der Waals surface area (Å²) in [6.45, 7) is 4.36. The van der Waals surface area contributed by atoms with Crippen molar-refractivity contribution < 1.29 is 19.5 Å². The van der Waals surface area contributed by atoms with Crippen molar-refractivity contribution in [2.75, 3.05) is 13.1 Å². The van der Waals surface area contributed by atoms with Crippen molar-refractivity contribution in [2.45, 2.75) is 50.7 Å². The topological polar surface area (TPSA) is 90.0 Å². The third-order valence-corrected chi connectivity index (χ3v) is 5.16. The molecule has 0 radical (unpaired) electrons. The minimum atomic E-state index is -0.893. The number of fused-ring (bicyclic) bond motifs is 2. The first-order valence-electron chi connectivity index (χ1n) is 7.45. The molecule has 0 saturated carbocycles. The van der Waals surface area contributed by atoms with Crippen molar-refractivity contribution in [1.82, 2.24) is 15.1 Å². The van der Waals surface area contributed by atoms with Gasteiger partial charge in [0.05, 0.1) is 5.92 Å². The number of rotatable bonds is 1. The number of nitrogens with one attached hydrogen (secondary N) is 1. The van der Waals surface area contributed by atoms with E-state index < -0.39 is 17.4 Å². The highest BCUT2D eigenvalue weighted by Crippen LogP contribution is 2.43. The minimum absolute atomic E-state index is 0.00406. The maximum Gasteiger partial charge on any atom is 0.321 e. The van der Waals surface area contributed by atoms with Gasteiger partial charge in [0.15, 0.2) is 0 Å². The van der Waals surface area contributed by atoms with E-state index in [4.69, 9.17) is 0 Å². The Kier molecular flexibility index (Phi) is 3.11. The van der Waals surface area contributed by atoms with Crippen LogP contribution in [0.2, 0.25) is 0 Å². The van der Waals surface area contributed by atoms with Gasteiger partial charge in [-0.1, -0.05) is 0 Å². The Balaban J connectivity index is 1.83. The van der Waals surface area contributed by atoms with Crippen LogP contribution < -0.4 is 5.32 Å². The van der Waals surface area contributed by atoms with Gasteiger partial charge in [-0.25, -0.2) is 4.79 Å². The van der Waals surface area contributed by atoms with Crippen LogP contribution in [0.15, 0.2) is 0 Å². The highest BCUT2D eigenvalue weighted by atomic mass is 16.4. The molecule has 0 spiro atoms. The molecule has 3 rings (SSSR count). The Bertz CT molecular complexity index is 504. The van der Waals surface area contributed by atoms with Crippen LogP contribution in [-0.4, -0.2) is 63.5 Å². The van der Waals surface area contributed by atoms with Crippen LogP contribution in [0.1, 0.15) is 33.1 Å². The second-order valence-corrected chi connectivity index (χ2v) is 6.64. The van der Waals surface area contributed by atoms with E-state index in [1.165, 1.54) is 0 Å². The Morgan fingerprint density at radius 3 is 2.67 bits per heavy atom. The molecule has 7 heteroatoms. The van der Waals surface area contributed by atoms with Crippen molar-refractivity contribution in [3.05, 3.63) is 0 Å². The van der Waals surface area contributed by atoms with Crippen molar-refractivity contribution in [3.63, 3.8) is 0 Å². The van der Waals surface area contributed by atoms with Crippen LogP contribution in [0, 0.1) is 5.92 Å². The highest BCUT2D eigenvalue weighted by Gasteiger charge is 2.54. The first-order chi connectivity index (χ1) is 9.84. The van der Waals surface area contributed by atoms with Gasteiger partial charge in [0, 0.05) is 25.2 Å². The van der Waals surface area contributed by atoms with Crippen LogP contribution in [0.4, 0.5) is 4.79 Å². The first-order valence-corrected chi connectivity index (χ1v) is 7.45. The summed E-state index contributed by atoms with van der Waals surface area (Å²) in [7, 11) is 0. The molecule has 3 saturated heterocycles. The first kappa shape index (κ1) is 14.2. The molecule has 0 aromatic rings. The molecule has 3 fully saturated rings. The highest BCUT2D eigenvalue weighted by molar-refractivity contribution is 5.92. The number of nitrogens with zero attached hydrogens (tertiary/aromatic N) is 2. The van der Waals surface area contributed by atoms with E-state index in [0.29, 0.717) is 19.5 Å². The number of carboxylic acids is 1. The number of urea groups is 1. The molecule has 3 unspecified atom stereocenters. The zero-order chi connectivity index (χ0) is 15.4. The second kappa shape index (κ2) is 4.61. The fourth-order valence-corrected chi connectivity index (χ4v) is 3.93. The molecule has 0 aromatic carbocycles. The lowest BCUT2D eigenvalue weighted by Crippen LogP contribution is -2.66. The van der Waals surface area contributed by atoms with Gasteiger partial charge in [0.25, 0.3) is 0 Å². The van der Waals surface area contributed by atoms with Crippen LogP contribution in [0.5, 0.6) is 0 Å². The summed E-state index contributed by atoms with van der Waals surface area (Å²) in [5.41, 5.74) is -0.893. The van der Waals surface area contributed by atoms with Gasteiger partial charge in [-0.2, -0.15) is 0 Å². The van der Waals surface area contributed by atoms with Gasteiger partial charge in [0.2, 0.25) is 5.91 Å². The normalized spacial score (nSPS) is 34.0. The summed E-state index contributed by atoms with van der Waals surface area (Å²) in [5, 5.41) is 12.0. The lowest BCUT2D eigenvalue weighted by molar-refractivity contribution is -0.142. The Morgan fingerprint density at radius 1 is 1.33 bits per heavy atom. The van der Waals surface area contributed by atoms with E-state index >= 15 is 0 Å². The predicted octanol–water partition coefficient (Wildman–Crippen LogP) is 0.254. The van der Waals surface area contributed by atoms with Gasteiger partial charge in [-0.15, -0.1) is 0 Å². The number of carbonyl (C=O) groups excluding carboxylic acids is 2. The number of hydrogen-bond donors (Lipinski definition) is 2. The number of carboxylic acid groups (broad SMARTS) is 1. The average molecular weight is 295 g/mol. The number of aliphatic carboxylic acids is 1. The summed E-state index contributed by atoms with van der Waals surface area (Å²) in [4.78, 5) is 39.5. The van der Waals surface area contributed by atoms with Crippen molar-refractivity contribution in [2.24, 2.45) is 5.92 Å². The summed E-state index contributed by atoms with van der Waals surface area (Å²) < 4.78 is 0. The van der Waals surface area contributed by atoms with E-state index in [1.54, 1.807) is 23.6 Å². The summed E-state index contributed by atoms with van der Waals surface area (Å²) in [6.07, 6.45) is 2.14. The van der Waals surface area contributed by atoms with E-state index in [-0.39, 0.29) is 24.0 Å². The Morgan fingerprint density at radius 2 is 2.05 bits per heavy atom. The second-order valence-electron chi connectivity index (χ2n) is 6.64. The molecule has 3 aliphatic heterocycles. The molecular formula is C14H21N3O4. The van der Waals surface area contributed by atoms with Crippen molar-refractivity contribution in [1.29, 1.82) is 0 Å². The van der Waals surface area contributed by atoms with E-state index in [0.717, 1.165) is 12.8 Å². The SMILES string of the molecule is CC1(C)C(=O)NCCN1C(=O)N1C2CCC1C(C(=O)O)C2. The molecule has 21 heavy (non-hydrogen) atoms. The van der Waals surface area contributed by atoms with E-state index in [9.17, 15) is 19.5 Å². The zero-order valence-electron chi connectivity index (χ0n) is 12.3. The fraction of sp³-hybridized carbons (Fsp3) is 0.786. The van der Waals surface area contributed by atoms with Crippen LogP contribution >= 0.6 is 0 Å². The molecule has 7 nitrogen and oxygen atoms in total. The maximum atomic E-state index is 12.9. The van der Waals surface area contributed by atoms with Gasteiger partial charge < -0.3 is 20.2 Å². The average Bonchev–Trinajstić information content (AvgIpc) is 2.98. The van der Waals surface area contributed by atoms with Crippen LogP contribution in [0.25, 0.3) is 0 Å². The smallest absolute Gasteiger partial charge is 0.321 e. The monoisotopic (exact) mass is 295 g/mol. The minimum Gasteiger partial charge on any atom is -0.481 e. The number of piperazine rings is 1. The summed E-state index contributed by atoms with van der Waals surface area (Å²) in [5.74, 6) is -1.45. The van der Waals surface area contributed by atoms with Crippen molar-refractivity contribution >= 4 is 17.9 Å². The maximum absolute atomic E-state index is 12.9. The molecule has 3 heterocycles. The largest absolute Gasteiger partial charge is 0.481 e. The third kappa shape index (κ3) is 1.98. The molecule has 3 aliphatic rings. The molecule has 2 N–H and O–H groups in total. The lowest BCUT2D eigenvalue weighted by atomic mass is 9.89. The van der Waals surface area contributed by atoms with Crippen LogP contribution in [-0.2, 0) is 9.59 Å². The zero-order valence-corrected chi connectivity index (χ0v) is 12.3. The molecule has 0 aliphatic carbocycles. The van der Waals surface area contributed by atoms with Gasteiger partial charge >= 0.3 is 12.0 Å². The number of hydrogen-bond acceptors (Lipinski definition) is 3. The van der Waals surface area contributed by atoms with Gasteiger partial charge in [-0.3, -0.25) is 9.59 Å². The standard InChI is InChI=1S/C14H21N3O4/c1-14(2)12(20)15-5-6-16(14)13(21)17-8-3-4-10(17)9(7-8)11(18)19/h8-10H,3-7H2,1-2H3,(H,15,20)(H,18,19). The van der Waals surface area contributed by atoms with Gasteiger partial charge in [0.1, 0.15) is 5.54 Å². The number of amides is 3. The van der Waals surface area contributed by atoms with Crippen LogP contribution in [0.3, 0.4) is 0 Å². The van der Waals surface area contributed by atoms with E-state index in [2.05, 4.69) is 5.32 Å². The Labute approximate surface area is 123 Å². The molecular weight excluding hydrogens is 274 g/mol. The molecule has 2 bridgehead atoms. The summed E-state index contributed by atoms with van der Waals surface area (Å²) >= 11 is 0. The van der Waals surface area contributed by atoms with Gasteiger partial charge in [-0.05, 0) is 33.1 Å². The molecule has 0 aromatic heterocycles. The Hall–Kier alpha value is -1.79. The third-order valence-electron chi connectivity index (χ3n) is 5.16. The summed E-state index contributed by atoms with van der Waals surface area (Å²) in [6, 6.07) is -0.406.